The molecule has 3 rings (SSSR count). The molecule has 2 heteroatoms. The van der Waals surface area contributed by atoms with Crippen LogP contribution in [0.15, 0.2) is 0 Å². The topological polar surface area (TPSA) is 15.3 Å². The van der Waals surface area contributed by atoms with Gasteiger partial charge in [0.2, 0.25) is 0 Å². The van der Waals surface area contributed by atoms with Crippen LogP contribution in [-0.2, 0) is 0 Å². The average Bonchev–Trinajstić information content (AvgIpc) is 2.99. The number of hydrogen-bond acceptors (Lipinski definition) is 2. The standard InChI is InChI=1S/C13H24N2/c1-3-12(9-14-7-1)10-15-8-2-4-13(11-15)5-6-13/h12,14H,1-11H2. The molecule has 1 unspecified atom stereocenters. The molecule has 0 bridgehead atoms. The Labute approximate surface area is 93.4 Å². The third-order valence-electron chi connectivity index (χ3n) is 4.61. The fourth-order valence-corrected chi connectivity index (χ4v) is 3.50. The van der Waals surface area contributed by atoms with Crippen molar-refractivity contribution in [3.8, 4) is 0 Å². The number of hydrogen-bond donors (Lipinski definition) is 1. The Bertz CT molecular complexity index is 217. The van der Waals surface area contributed by atoms with Crippen molar-refractivity contribution < 1.29 is 0 Å². The summed E-state index contributed by atoms with van der Waals surface area (Å²) in [5.74, 6) is 0.938. The molecule has 2 nitrogen and oxygen atoms in total. The molecule has 0 aromatic carbocycles. The fourth-order valence-electron chi connectivity index (χ4n) is 3.50. The first-order valence-corrected chi connectivity index (χ1v) is 6.79. The van der Waals surface area contributed by atoms with Gasteiger partial charge in [0.1, 0.15) is 0 Å². The van der Waals surface area contributed by atoms with Crippen LogP contribution in [0.4, 0.5) is 0 Å². The van der Waals surface area contributed by atoms with Crippen molar-refractivity contribution in [1.82, 2.24) is 10.2 Å². The van der Waals surface area contributed by atoms with Gasteiger partial charge in [-0.1, -0.05) is 0 Å². The molecular formula is C13H24N2. The van der Waals surface area contributed by atoms with E-state index in [1.807, 2.05) is 0 Å². The molecular weight excluding hydrogens is 184 g/mol. The van der Waals surface area contributed by atoms with Crippen molar-refractivity contribution in [2.75, 3.05) is 32.7 Å². The Morgan fingerprint density at radius 1 is 1.20 bits per heavy atom. The van der Waals surface area contributed by atoms with Gasteiger partial charge in [-0.3, -0.25) is 0 Å². The van der Waals surface area contributed by atoms with Gasteiger partial charge in [-0.05, 0) is 69.5 Å². The molecule has 86 valence electrons. The van der Waals surface area contributed by atoms with Crippen LogP contribution in [0.2, 0.25) is 0 Å². The molecule has 1 aliphatic carbocycles. The minimum atomic E-state index is 0.806. The normalized spacial score (nSPS) is 35.6. The van der Waals surface area contributed by atoms with Crippen LogP contribution < -0.4 is 5.32 Å². The predicted molar refractivity (Wildman–Crippen MR) is 62.9 cm³/mol. The molecule has 2 saturated heterocycles. The first kappa shape index (κ1) is 10.1. The van der Waals surface area contributed by atoms with E-state index >= 15 is 0 Å². The summed E-state index contributed by atoms with van der Waals surface area (Å²) in [6.45, 7) is 6.68. The highest BCUT2D eigenvalue weighted by Gasteiger charge is 2.45. The van der Waals surface area contributed by atoms with Crippen molar-refractivity contribution in [2.45, 2.75) is 38.5 Å². The highest BCUT2D eigenvalue weighted by molar-refractivity contribution is 4.98. The van der Waals surface area contributed by atoms with Crippen molar-refractivity contribution in [3.05, 3.63) is 0 Å². The van der Waals surface area contributed by atoms with Crippen LogP contribution in [0.3, 0.4) is 0 Å². The van der Waals surface area contributed by atoms with Crippen LogP contribution in [-0.4, -0.2) is 37.6 Å². The van der Waals surface area contributed by atoms with Gasteiger partial charge >= 0.3 is 0 Å². The van der Waals surface area contributed by atoms with E-state index in [1.54, 1.807) is 0 Å². The summed E-state index contributed by atoms with van der Waals surface area (Å²) in [4.78, 5) is 2.76. The zero-order valence-electron chi connectivity index (χ0n) is 9.80. The van der Waals surface area contributed by atoms with Crippen LogP contribution in [0.5, 0.6) is 0 Å². The van der Waals surface area contributed by atoms with Gasteiger partial charge in [-0.25, -0.2) is 0 Å². The zero-order valence-corrected chi connectivity index (χ0v) is 9.80. The maximum Gasteiger partial charge on any atom is 0.00381 e. The van der Waals surface area contributed by atoms with Crippen molar-refractivity contribution in [1.29, 1.82) is 0 Å². The number of rotatable bonds is 2. The summed E-state index contributed by atoms with van der Waals surface area (Å²) in [7, 11) is 0. The van der Waals surface area contributed by atoms with Crippen molar-refractivity contribution >= 4 is 0 Å². The Morgan fingerprint density at radius 2 is 2.13 bits per heavy atom. The second-order valence-corrected chi connectivity index (χ2v) is 6.05. The summed E-state index contributed by atoms with van der Waals surface area (Å²) >= 11 is 0. The lowest BCUT2D eigenvalue weighted by Crippen LogP contribution is -2.43. The molecule has 1 atom stereocenters. The molecule has 0 aromatic rings. The number of nitrogens with one attached hydrogen (secondary N) is 1. The Hall–Kier alpha value is -0.0800. The highest BCUT2D eigenvalue weighted by atomic mass is 15.1. The molecule has 2 aliphatic heterocycles. The maximum absolute atomic E-state index is 3.53. The maximum atomic E-state index is 3.53. The Morgan fingerprint density at radius 3 is 2.87 bits per heavy atom. The number of nitrogens with zero attached hydrogens (tertiary/aromatic N) is 1. The van der Waals surface area contributed by atoms with Crippen LogP contribution in [0.25, 0.3) is 0 Å². The Kier molecular flexibility index (Phi) is 2.73. The summed E-state index contributed by atoms with van der Waals surface area (Å²) in [6.07, 6.45) is 8.87. The highest BCUT2D eigenvalue weighted by Crippen LogP contribution is 2.52. The van der Waals surface area contributed by atoms with Crippen LogP contribution >= 0.6 is 0 Å². The zero-order chi connectivity index (χ0) is 10.1. The second-order valence-electron chi connectivity index (χ2n) is 6.05. The molecule has 15 heavy (non-hydrogen) atoms. The lowest BCUT2D eigenvalue weighted by atomic mass is 9.92. The van der Waals surface area contributed by atoms with E-state index in [0.29, 0.717) is 0 Å². The van der Waals surface area contributed by atoms with Gasteiger partial charge in [0.15, 0.2) is 0 Å². The molecule has 3 fully saturated rings. The monoisotopic (exact) mass is 208 g/mol. The van der Waals surface area contributed by atoms with Gasteiger partial charge in [-0.15, -0.1) is 0 Å². The Balaban J connectivity index is 1.49. The smallest absolute Gasteiger partial charge is 0.00381 e. The number of piperidine rings is 2. The third-order valence-corrected chi connectivity index (χ3v) is 4.61. The van der Waals surface area contributed by atoms with E-state index in [-0.39, 0.29) is 0 Å². The third kappa shape index (κ3) is 2.36. The fraction of sp³-hybridized carbons (Fsp3) is 1.00. The summed E-state index contributed by atoms with van der Waals surface area (Å²) < 4.78 is 0. The van der Waals surface area contributed by atoms with Gasteiger partial charge in [0.05, 0.1) is 0 Å². The average molecular weight is 208 g/mol. The van der Waals surface area contributed by atoms with E-state index in [1.165, 1.54) is 71.2 Å². The largest absolute Gasteiger partial charge is 0.316 e. The van der Waals surface area contributed by atoms with Gasteiger partial charge in [0, 0.05) is 13.1 Å². The molecule has 1 spiro atoms. The lowest BCUT2D eigenvalue weighted by Gasteiger charge is -2.36. The first-order valence-electron chi connectivity index (χ1n) is 6.79. The lowest BCUT2D eigenvalue weighted by molar-refractivity contribution is 0.131. The summed E-state index contributed by atoms with van der Waals surface area (Å²) in [5, 5.41) is 3.53. The van der Waals surface area contributed by atoms with E-state index in [2.05, 4.69) is 10.2 Å². The van der Waals surface area contributed by atoms with E-state index in [9.17, 15) is 0 Å². The molecule has 2 heterocycles. The van der Waals surface area contributed by atoms with Gasteiger partial charge in [-0.2, -0.15) is 0 Å². The molecule has 0 aromatic heterocycles. The number of likely N-dealkylation sites (tertiary alicyclic amines) is 1. The van der Waals surface area contributed by atoms with Crippen molar-refractivity contribution in [3.63, 3.8) is 0 Å². The van der Waals surface area contributed by atoms with Gasteiger partial charge in [0.25, 0.3) is 0 Å². The van der Waals surface area contributed by atoms with E-state index < -0.39 is 0 Å². The van der Waals surface area contributed by atoms with E-state index in [0.717, 1.165) is 11.3 Å². The molecule has 1 saturated carbocycles. The first-order chi connectivity index (χ1) is 7.36. The minimum Gasteiger partial charge on any atom is -0.316 e. The molecule has 3 aliphatic rings. The predicted octanol–water partition coefficient (Wildman–Crippen LogP) is 1.86. The molecule has 0 radical (unpaired) electrons. The molecule has 0 amide bonds. The SMILES string of the molecule is C1CNCC(CN2CCCC3(CC3)C2)C1. The van der Waals surface area contributed by atoms with E-state index in [4.69, 9.17) is 0 Å². The summed E-state index contributed by atoms with van der Waals surface area (Å²) in [6, 6.07) is 0. The second kappa shape index (κ2) is 4.06. The minimum absolute atomic E-state index is 0.806. The van der Waals surface area contributed by atoms with Gasteiger partial charge < -0.3 is 10.2 Å². The molecule has 1 N–H and O–H groups in total. The quantitative estimate of drug-likeness (QED) is 0.745. The van der Waals surface area contributed by atoms with Crippen LogP contribution in [0.1, 0.15) is 38.5 Å². The summed E-state index contributed by atoms with van der Waals surface area (Å²) in [5.41, 5.74) is 0.806. The van der Waals surface area contributed by atoms with Crippen molar-refractivity contribution in [2.24, 2.45) is 11.3 Å². The van der Waals surface area contributed by atoms with Crippen LogP contribution in [0, 0.1) is 11.3 Å².